The number of hydrogen-bond acceptors (Lipinski definition) is 5. The lowest BCUT2D eigenvalue weighted by Crippen LogP contribution is -2.42. The average molecular weight is 402 g/mol. The summed E-state index contributed by atoms with van der Waals surface area (Å²) in [7, 11) is -1.09. The molecule has 1 amide bonds. The van der Waals surface area contributed by atoms with Crippen LogP contribution in [0.25, 0.3) is 0 Å². The van der Waals surface area contributed by atoms with Crippen LogP contribution in [-0.2, 0) is 24.3 Å². The first-order valence-corrected chi connectivity index (χ1v) is 10.1. The van der Waals surface area contributed by atoms with Crippen molar-refractivity contribution in [1.82, 2.24) is 9.62 Å². The Morgan fingerprint density at radius 1 is 1.22 bits per heavy atom. The minimum atomic E-state index is -3.75. The van der Waals surface area contributed by atoms with Crippen molar-refractivity contribution in [1.29, 1.82) is 0 Å². The highest BCUT2D eigenvalue weighted by Gasteiger charge is 2.23. The molecule has 1 atom stereocenters. The Hall–Kier alpha value is -2.00. The lowest BCUT2D eigenvalue weighted by atomic mass is 10.0. The third-order valence-electron chi connectivity index (χ3n) is 3.93. The second-order valence-electron chi connectivity index (χ2n) is 6.66. The lowest BCUT2D eigenvalue weighted by molar-refractivity contribution is -0.145. The van der Waals surface area contributed by atoms with Crippen molar-refractivity contribution >= 4 is 21.9 Å². The lowest BCUT2D eigenvalue weighted by Gasteiger charge is -2.19. The molecule has 7 nitrogen and oxygen atoms in total. The molecule has 152 valence electrons. The van der Waals surface area contributed by atoms with Crippen LogP contribution in [-0.4, -0.2) is 51.3 Å². The maximum absolute atomic E-state index is 12.9. The van der Waals surface area contributed by atoms with E-state index in [1.807, 2.05) is 13.8 Å². The number of methoxy groups -OCH3 is 1. The van der Waals surface area contributed by atoms with Crippen LogP contribution in [0.2, 0.25) is 0 Å². The second-order valence-corrected chi connectivity index (χ2v) is 8.70. The Balaban J connectivity index is 2.56. The molecule has 1 aromatic carbocycles. The predicted octanol–water partition coefficient (Wildman–Crippen LogP) is 1.93. The molecule has 0 aliphatic rings. The molecule has 0 radical (unpaired) electrons. The van der Waals surface area contributed by atoms with E-state index in [-0.39, 0.29) is 36.1 Å². The molecule has 1 unspecified atom stereocenters. The molecule has 0 aliphatic heterocycles. The molecule has 0 saturated carbocycles. The molecule has 0 aromatic heterocycles. The molecule has 0 heterocycles. The summed E-state index contributed by atoms with van der Waals surface area (Å²) in [6, 6.07) is 3.83. The average Bonchev–Trinajstić information content (AvgIpc) is 2.60. The second kappa shape index (κ2) is 10.4. The van der Waals surface area contributed by atoms with Crippen molar-refractivity contribution in [2.45, 2.75) is 44.0 Å². The van der Waals surface area contributed by atoms with Gasteiger partial charge in [-0.3, -0.25) is 4.79 Å². The summed E-state index contributed by atoms with van der Waals surface area (Å²) in [6.45, 7) is 3.97. The molecule has 1 aromatic rings. The maximum Gasteiger partial charge on any atom is 0.328 e. The van der Waals surface area contributed by atoms with Gasteiger partial charge >= 0.3 is 5.97 Å². The highest BCUT2D eigenvalue weighted by atomic mass is 32.2. The van der Waals surface area contributed by atoms with E-state index in [4.69, 9.17) is 4.74 Å². The van der Waals surface area contributed by atoms with Gasteiger partial charge in [0.15, 0.2) is 0 Å². The van der Waals surface area contributed by atoms with Gasteiger partial charge in [0, 0.05) is 20.0 Å². The van der Waals surface area contributed by atoms with Crippen LogP contribution in [0.5, 0.6) is 0 Å². The first-order chi connectivity index (χ1) is 12.6. The number of nitrogens with one attached hydrogen (secondary N) is 1. The van der Waals surface area contributed by atoms with Gasteiger partial charge in [-0.05, 0) is 43.0 Å². The zero-order chi connectivity index (χ0) is 20.6. The Bertz CT molecular complexity index is 735. The smallest absolute Gasteiger partial charge is 0.328 e. The van der Waals surface area contributed by atoms with Crippen LogP contribution in [0.1, 0.15) is 33.1 Å². The van der Waals surface area contributed by atoms with Crippen LogP contribution in [0.15, 0.2) is 29.2 Å². The van der Waals surface area contributed by atoms with Gasteiger partial charge in [-0.1, -0.05) is 13.8 Å². The van der Waals surface area contributed by atoms with E-state index in [2.05, 4.69) is 5.32 Å². The Labute approximate surface area is 159 Å². The van der Waals surface area contributed by atoms with Gasteiger partial charge in [-0.2, -0.15) is 0 Å². The number of carbonyl (C=O) groups excluding carboxylic acids is 2. The van der Waals surface area contributed by atoms with E-state index >= 15 is 0 Å². The van der Waals surface area contributed by atoms with Crippen molar-refractivity contribution in [3.63, 3.8) is 0 Å². The van der Waals surface area contributed by atoms with Crippen molar-refractivity contribution in [3.05, 3.63) is 30.1 Å². The highest BCUT2D eigenvalue weighted by molar-refractivity contribution is 7.89. The van der Waals surface area contributed by atoms with Gasteiger partial charge in [0.1, 0.15) is 11.9 Å². The van der Waals surface area contributed by atoms with Gasteiger partial charge in [0.05, 0.1) is 12.0 Å². The van der Waals surface area contributed by atoms with Crippen molar-refractivity contribution in [2.75, 3.05) is 20.7 Å². The Morgan fingerprint density at radius 3 is 2.33 bits per heavy atom. The van der Waals surface area contributed by atoms with Crippen LogP contribution < -0.4 is 5.32 Å². The fourth-order valence-corrected chi connectivity index (χ4v) is 3.67. The largest absolute Gasteiger partial charge is 0.467 e. The van der Waals surface area contributed by atoms with Crippen LogP contribution >= 0.6 is 0 Å². The normalized spacial score (nSPS) is 12.9. The van der Waals surface area contributed by atoms with E-state index in [0.29, 0.717) is 6.42 Å². The van der Waals surface area contributed by atoms with E-state index < -0.39 is 27.9 Å². The standard InChI is InChI=1S/C18H27FN2O5S/c1-13(2)12-16(18(23)26-4)20-17(22)6-5-11-21(3)27(24,25)15-9-7-14(19)8-10-15/h7-10,13,16H,5-6,11-12H2,1-4H3,(H,20,22). The summed E-state index contributed by atoms with van der Waals surface area (Å²) in [5.41, 5.74) is 0. The number of amides is 1. The number of rotatable bonds is 10. The maximum atomic E-state index is 12.9. The third kappa shape index (κ3) is 7.26. The van der Waals surface area contributed by atoms with Gasteiger partial charge in [0.25, 0.3) is 0 Å². The predicted molar refractivity (Wildman–Crippen MR) is 98.9 cm³/mol. The van der Waals surface area contributed by atoms with Gasteiger partial charge in [-0.15, -0.1) is 0 Å². The Morgan fingerprint density at radius 2 is 1.81 bits per heavy atom. The molecule has 0 fully saturated rings. The molecule has 1 rings (SSSR count). The van der Waals surface area contributed by atoms with Crippen LogP contribution in [0.3, 0.4) is 0 Å². The zero-order valence-corrected chi connectivity index (χ0v) is 16.9. The summed E-state index contributed by atoms with van der Waals surface area (Å²) < 4.78 is 43.5. The topological polar surface area (TPSA) is 92.8 Å². The molecule has 27 heavy (non-hydrogen) atoms. The molecule has 0 saturated heterocycles. The fourth-order valence-electron chi connectivity index (χ4n) is 2.46. The van der Waals surface area contributed by atoms with E-state index in [9.17, 15) is 22.4 Å². The highest BCUT2D eigenvalue weighted by Crippen LogP contribution is 2.15. The van der Waals surface area contributed by atoms with Crippen molar-refractivity contribution in [3.8, 4) is 0 Å². The van der Waals surface area contributed by atoms with Gasteiger partial charge < -0.3 is 10.1 Å². The molecular weight excluding hydrogens is 375 g/mol. The first-order valence-electron chi connectivity index (χ1n) is 8.67. The zero-order valence-electron chi connectivity index (χ0n) is 16.1. The Kier molecular flexibility index (Phi) is 8.84. The molecule has 0 bridgehead atoms. The molecule has 9 heteroatoms. The minimum Gasteiger partial charge on any atom is -0.467 e. The number of benzene rings is 1. The number of sulfonamides is 1. The monoisotopic (exact) mass is 402 g/mol. The quantitative estimate of drug-likeness (QED) is 0.604. The fraction of sp³-hybridized carbons (Fsp3) is 0.556. The summed E-state index contributed by atoms with van der Waals surface area (Å²) in [4.78, 5) is 23.8. The summed E-state index contributed by atoms with van der Waals surface area (Å²) in [5.74, 6) is -1.18. The first kappa shape index (κ1) is 23.0. The number of ether oxygens (including phenoxy) is 1. The van der Waals surface area contributed by atoms with Crippen molar-refractivity contribution in [2.24, 2.45) is 5.92 Å². The summed E-state index contributed by atoms with van der Waals surface area (Å²) >= 11 is 0. The van der Waals surface area contributed by atoms with Gasteiger partial charge in [0.2, 0.25) is 15.9 Å². The molecule has 0 aliphatic carbocycles. The van der Waals surface area contributed by atoms with Crippen molar-refractivity contribution < 1.29 is 27.1 Å². The summed E-state index contributed by atoms with van der Waals surface area (Å²) in [6.07, 6.45) is 0.796. The molecular formula is C18H27FN2O5S. The number of hydrogen-bond donors (Lipinski definition) is 1. The van der Waals surface area contributed by atoms with E-state index in [1.165, 1.54) is 26.3 Å². The van der Waals surface area contributed by atoms with E-state index in [1.54, 1.807) is 0 Å². The molecule has 1 N–H and O–H groups in total. The summed E-state index contributed by atoms with van der Waals surface area (Å²) in [5, 5.41) is 2.63. The van der Waals surface area contributed by atoms with Gasteiger partial charge in [-0.25, -0.2) is 21.9 Å². The van der Waals surface area contributed by atoms with Crippen LogP contribution in [0, 0.1) is 11.7 Å². The van der Waals surface area contributed by atoms with E-state index in [0.717, 1.165) is 16.4 Å². The molecule has 0 spiro atoms. The van der Waals surface area contributed by atoms with Crippen LogP contribution in [0.4, 0.5) is 4.39 Å². The third-order valence-corrected chi connectivity index (χ3v) is 5.80. The minimum absolute atomic E-state index is 0.0152. The number of carbonyl (C=O) groups is 2. The SMILES string of the molecule is COC(=O)C(CC(C)C)NC(=O)CCCN(C)S(=O)(=O)c1ccc(F)cc1. The number of nitrogens with zero attached hydrogens (tertiary/aromatic N) is 1. The number of esters is 1. The number of halogens is 1.